The van der Waals surface area contributed by atoms with Crippen molar-refractivity contribution in [3.63, 3.8) is 0 Å². The molecule has 0 saturated carbocycles. The maximum Gasteiger partial charge on any atom is 0.207 e. The quantitative estimate of drug-likeness (QED) is 0.307. The number of rotatable bonds is 6. The molecule has 5 N–H and O–H groups in total. The van der Waals surface area contributed by atoms with Crippen molar-refractivity contribution < 1.29 is 8.49 Å². The zero-order chi connectivity index (χ0) is 14.4. The number of nitrogens with zero attached hydrogens (tertiary/aromatic N) is 2. The molecule has 1 unspecified atom stereocenters. The molecule has 1 heterocycles. The molecule has 1 aromatic heterocycles. The largest absolute Gasteiger partial charge is 0.370 e. The predicted molar refractivity (Wildman–Crippen MR) is 85.2 cm³/mol. The molecule has 2 rings (SSSR count). The normalized spacial score (nSPS) is 11.6. The summed E-state index contributed by atoms with van der Waals surface area (Å²) in [5.74, 6) is 0.00877. The highest BCUT2D eigenvalue weighted by molar-refractivity contribution is 7.80. The Morgan fingerprint density at radius 2 is 2.19 bits per heavy atom. The summed E-state index contributed by atoms with van der Waals surface area (Å²) >= 11 is -1.62. The Hall–Kier alpha value is -1.74. The van der Waals surface area contributed by atoms with Gasteiger partial charge in [-0.05, 0) is 12.1 Å². The molecule has 21 heavy (non-hydrogen) atoms. The lowest BCUT2D eigenvalue weighted by Gasteiger charge is -2.06. The van der Waals surface area contributed by atoms with Crippen molar-refractivity contribution in [1.29, 1.82) is 0 Å². The summed E-state index contributed by atoms with van der Waals surface area (Å²) in [4.78, 5) is 8.37. The monoisotopic (exact) mass is 329 g/mol. The van der Waals surface area contributed by atoms with Crippen LogP contribution < -0.4 is 16.9 Å². The van der Waals surface area contributed by atoms with Gasteiger partial charge in [0.15, 0.2) is 5.96 Å². The number of hydrogen-bond acceptors (Lipinski definition) is 5. The van der Waals surface area contributed by atoms with Gasteiger partial charge in [0.05, 0.1) is 11.4 Å². The molecule has 1 aromatic carbocycles. The second kappa shape index (κ2) is 8.53. The van der Waals surface area contributed by atoms with Gasteiger partial charge in [-0.2, -0.15) is 9.76 Å². The first-order valence-electron chi connectivity index (χ1n) is 5.88. The van der Waals surface area contributed by atoms with E-state index >= 15 is 0 Å². The van der Waals surface area contributed by atoms with E-state index in [9.17, 15) is 4.21 Å². The second-order valence-corrected chi connectivity index (χ2v) is 4.95. The van der Waals surface area contributed by atoms with Gasteiger partial charge in [-0.3, -0.25) is 9.98 Å². The molecule has 2 aromatic rings. The first-order chi connectivity index (χ1) is 9.68. The summed E-state index contributed by atoms with van der Waals surface area (Å²) in [5, 5.41) is 1.74. The third-order valence-corrected chi connectivity index (χ3v) is 3.45. The molecule has 0 fully saturated rings. The molecule has 1 atom stereocenters. The first kappa shape index (κ1) is 17.3. The van der Waals surface area contributed by atoms with E-state index in [4.69, 9.17) is 15.8 Å². The molecule has 9 heteroatoms. The van der Waals surface area contributed by atoms with Crippen LogP contribution in [0, 0.1) is 0 Å². The molecule has 0 aliphatic rings. The van der Waals surface area contributed by atoms with Crippen LogP contribution in [-0.2, 0) is 15.4 Å². The summed E-state index contributed by atoms with van der Waals surface area (Å²) < 4.78 is 17.1. The van der Waals surface area contributed by atoms with Gasteiger partial charge >= 0.3 is 0 Å². The number of nitrogens with two attached hydrogens (primary N) is 2. The van der Waals surface area contributed by atoms with E-state index < -0.39 is 11.1 Å². The van der Waals surface area contributed by atoms with E-state index in [0.717, 1.165) is 10.8 Å². The van der Waals surface area contributed by atoms with Gasteiger partial charge in [-0.15, -0.1) is 12.4 Å². The third-order valence-electron chi connectivity index (χ3n) is 2.46. The molecule has 0 bridgehead atoms. The number of aliphatic imine (C=N–C) groups is 1. The highest BCUT2D eigenvalue weighted by Gasteiger charge is 2.09. The average Bonchev–Trinajstić information content (AvgIpc) is 2.45. The number of benzene rings is 1. The van der Waals surface area contributed by atoms with Gasteiger partial charge < -0.3 is 11.5 Å². The summed E-state index contributed by atoms with van der Waals surface area (Å²) in [6, 6.07) is 7.25. The fourth-order valence-electron chi connectivity index (χ4n) is 1.61. The lowest BCUT2D eigenvalue weighted by molar-refractivity contribution is 0.226. The van der Waals surface area contributed by atoms with Gasteiger partial charge in [0.2, 0.25) is 11.1 Å². The minimum absolute atomic E-state index is 0. The van der Waals surface area contributed by atoms with Gasteiger partial charge in [0.25, 0.3) is 0 Å². The fraction of sp³-hybridized carbons (Fsp3) is 0.167. The van der Waals surface area contributed by atoms with Crippen LogP contribution in [0.5, 0.6) is 0 Å². The van der Waals surface area contributed by atoms with Crippen molar-refractivity contribution in [2.24, 2.45) is 16.5 Å². The molecule has 0 aliphatic carbocycles. The number of aromatic nitrogens is 1. The van der Waals surface area contributed by atoms with Gasteiger partial charge in [-0.25, -0.2) is 4.21 Å². The Bertz CT molecular complexity index is 643. The number of guanidine groups is 1. The number of pyridine rings is 1. The Morgan fingerprint density at radius 3 is 2.95 bits per heavy atom. The highest BCUT2D eigenvalue weighted by Crippen LogP contribution is 2.20. The number of hydroxylamine groups is 1. The van der Waals surface area contributed by atoms with Crippen molar-refractivity contribution >= 4 is 40.2 Å². The maximum absolute atomic E-state index is 12.1. The molecule has 0 aliphatic heterocycles. The van der Waals surface area contributed by atoms with Crippen molar-refractivity contribution in [1.82, 2.24) is 10.5 Å². The molecular weight excluding hydrogens is 314 g/mol. The van der Waals surface area contributed by atoms with E-state index in [2.05, 4.69) is 15.5 Å². The zero-order valence-electron chi connectivity index (χ0n) is 11.1. The van der Waals surface area contributed by atoms with Crippen LogP contribution in [-0.4, -0.2) is 28.2 Å². The minimum Gasteiger partial charge on any atom is -0.370 e. The SMILES string of the molecule is Cl.NC(N)=NCCNOS(=O)c1cccc2cnccc12. The molecule has 0 saturated heterocycles. The Morgan fingerprint density at radius 1 is 1.38 bits per heavy atom. The van der Waals surface area contributed by atoms with Crippen LogP contribution in [0.2, 0.25) is 0 Å². The van der Waals surface area contributed by atoms with E-state index in [-0.39, 0.29) is 18.4 Å². The number of hydrogen-bond donors (Lipinski definition) is 3. The van der Waals surface area contributed by atoms with E-state index in [1.54, 1.807) is 30.6 Å². The molecule has 0 radical (unpaired) electrons. The van der Waals surface area contributed by atoms with Crippen molar-refractivity contribution in [3.8, 4) is 0 Å². The molecule has 0 spiro atoms. The Balaban J connectivity index is 0.00000220. The lowest BCUT2D eigenvalue weighted by atomic mass is 10.2. The van der Waals surface area contributed by atoms with Gasteiger partial charge in [0.1, 0.15) is 0 Å². The van der Waals surface area contributed by atoms with Crippen LogP contribution in [0.4, 0.5) is 0 Å². The van der Waals surface area contributed by atoms with Gasteiger partial charge in [-0.1, -0.05) is 12.1 Å². The van der Waals surface area contributed by atoms with Crippen LogP contribution in [0.1, 0.15) is 0 Å². The summed E-state index contributed by atoms with van der Waals surface area (Å²) in [6.07, 6.45) is 3.36. The summed E-state index contributed by atoms with van der Waals surface area (Å²) in [7, 11) is 0. The predicted octanol–water partition coefficient (Wildman–Crippen LogP) is 0.474. The molecule has 0 amide bonds. The van der Waals surface area contributed by atoms with Crippen molar-refractivity contribution in [2.75, 3.05) is 13.1 Å². The number of halogens is 1. The maximum atomic E-state index is 12.1. The van der Waals surface area contributed by atoms with Crippen LogP contribution in [0.3, 0.4) is 0 Å². The van der Waals surface area contributed by atoms with Crippen LogP contribution >= 0.6 is 12.4 Å². The lowest BCUT2D eigenvalue weighted by Crippen LogP contribution is -2.25. The van der Waals surface area contributed by atoms with Crippen molar-refractivity contribution in [3.05, 3.63) is 36.7 Å². The molecular formula is C12H16ClN5O2S. The zero-order valence-corrected chi connectivity index (χ0v) is 12.7. The minimum atomic E-state index is -1.62. The van der Waals surface area contributed by atoms with Crippen molar-refractivity contribution in [2.45, 2.75) is 4.90 Å². The van der Waals surface area contributed by atoms with Crippen LogP contribution in [0.15, 0.2) is 46.5 Å². The smallest absolute Gasteiger partial charge is 0.207 e. The van der Waals surface area contributed by atoms with E-state index in [1.807, 2.05) is 6.07 Å². The molecule has 114 valence electrons. The highest BCUT2D eigenvalue weighted by atomic mass is 35.5. The van der Waals surface area contributed by atoms with E-state index in [0.29, 0.717) is 18.0 Å². The topological polar surface area (TPSA) is 116 Å². The average molecular weight is 330 g/mol. The number of nitrogens with one attached hydrogen (secondary N) is 1. The van der Waals surface area contributed by atoms with Crippen LogP contribution in [0.25, 0.3) is 10.8 Å². The van der Waals surface area contributed by atoms with E-state index in [1.165, 1.54) is 0 Å². The Kier molecular flexibility index (Phi) is 7.03. The second-order valence-electron chi connectivity index (χ2n) is 3.87. The summed E-state index contributed by atoms with van der Waals surface area (Å²) in [6.45, 7) is 0.703. The fourth-order valence-corrected chi connectivity index (χ4v) is 2.44. The standard InChI is InChI=1S/C12H15N5O2S.ClH/c13-12(14)16-6-7-17-19-20(18)11-3-1-2-9-8-15-5-4-10(9)11;/h1-5,8,17H,6-7H2,(H4,13,14,16);1H. The molecule has 7 nitrogen and oxygen atoms in total. The number of fused-ring (bicyclic) bond motifs is 1. The van der Waals surface area contributed by atoms with Gasteiger partial charge in [0, 0.05) is 29.7 Å². The summed E-state index contributed by atoms with van der Waals surface area (Å²) in [5.41, 5.74) is 12.9. The first-order valence-corrected chi connectivity index (χ1v) is 6.96. The Labute approximate surface area is 130 Å². The third kappa shape index (κ3) is 4.94.